The van der Waals surface area contributed by atoms with Gasteiger partial charge in [0.05, 0.1) is 0 Å². The molecule has 2 rings (SSSR count). The molecular weight excluding hydrogens is 266 g/mol. The average molecular weight is 284 g/mol. The van der Waals surface area contributed by atoms with Gasteiger partial charge in [0, 0.05) is 19.2 Å². The third-order valence-corrected chi connectivity index (χ3v) is 3.38. The van der Waals surface area contributed by atoms with Crippen LogP contribution in [0.1, 0.15) is 6.42 Å². The van der Waals surface area contributed by atoms with E-state index < -0.39 is 11.6 Å². The van der Waals surface area contributed by atoms with Crippen LogP contribution < -0.4 is 10.1 Å². The Hall–Kier alpha value is -1.69. The molecule has 1 fully saturated rings. The van der Waals surface area contributed by atoms with Gasteiger partial charge < -0.3 is 15.0 Å². The first-order valence-corrected chi connectivity index (χ1v) is 6.60. The zero-order valence-electron chi connectivity index (χ0n) is 11.4. The SMILES string of the molecule is CNC[C@@H]1CCN(C(=O)COc2ccc(F)cc2F)C1. The van der Waals surface area contributed by atoms with Crippen LogP contribution in [0.5, 0.6) is 5.75 Å². The minimum absolute atomic E-state index is 0.106. The van der Waals surface area contributed by atoms with Crippen LogP contribution in [0.2, 0.25) is 0 Å². The Bertz CT molecular complexity index is 482. The topological polar surface area (TPSA) is 41.6 Å². The fraction of sp³-hybridized carbons (Fsp3) is 0.500. The molecule has 0 aromatic heterocycles. The Morgan fingerprint density at radius 3 is 3.00 bits per heavy atom. The smallest absolute Gasteiger partial charge is 0.260 e. The monoisotopic (exact) mass is 284 g/mol. The molecule has 1 atom stereocenters. The summed E-state index contributed by atoms with van der Waals surface area (Å²) >= 11 is 0. The fourth-order valence-corrected chi connectivity index (χ4v) is 2.34. The number of carbonyl (C=O) groups is 1. The first-order valence-electron chi connectivity index (χ1n) is 6.60. The highest BCUT2D eigenvalue weighted by atomic mass is 19.1. The second-order valence-electron chi connectivity index (χ2n) is 4.92. The second kappa shape index (κ2) is 6.65. The summed E-state index contributed by atoms with van der Waals surface area (Å²) in [6, 6.07) is 3.02. The van der Waals surface area contributed by atoms with Gasteiger partial charge in [-0.15, -0.1) is 0 Å². The molecule has 20 heavy (non-hydrogen) atoms. The van der Waals surface area contributed by atoms with Crippen molar-refractivity contribution in [1.82, 2.24) is 10.2 Å². The van der Waals surface area contributed by atoms with Crippen molar-refractivity contribution in [2.45, 2.75) is 6.42 Å². The van der Waals surface area contributed by atoms with E-state index in [0.717, 1.165) is 25.1 Å². The number of benzene rings is 1. The van der Waals surface area contributed by atoms with E-state index in [1.165, 1.54) is 6.07 Å². The van der Waals surface area contributed by atoms with E-state index in [0.29, 0.717) is 19.0 Å². The Balaban J connectivity index is 1.83. The summed E-state index contributed by atoms with van der Waals surface area (Å²) in [6.45, 7) is 2.03. The zero-order chi connectivity index (χ0) is 14.5. The summed E-state index contributed by atoms with van der Waals surface area (Å²) < 4.78 is 31.2. The van der Waals surface area contributed by atoms with E-state index in [-0.39, 0.29) is 18.3 Å². The Labute approximate surface area is 116 Å². The molecule has 1 N–H and O–H groups in total. The Kier molecular flexibility index (Phi) is 4.89. The number of likely N-dealkylation sites (tertiary alicyclic amines) is 1. The van der Waals surface area contributed by atoms with Crippen LogP contribution in [-0.4, -0.2) is 44.1 Å². The normalized spacial score (nSPS) is 18.4. The van der Waals surface area contributed by atoms with Gasteiger partial charge in [-0.2, -0.15) is 0 Å². The lowest BCUT2D eigenvalue weighted by Gasteiger charge is -2.17. The van der Waals surface area contributed by atoms with E-state index in [2.05, 4.69) is 5.32 Å². The molecule has 1 saturated heterocycles. The molecule has 6 heteroatoms. The van der Waals surface area contributed by atoms with Gasteiger partial charge in [-0.05, 0) is 38.1 Å². The average Bonchev–Trinajstić information content (AvgIpc) is 2.86. The van der Waals surface area contributed by atoms with E-state index in [4.69, 9.17) is 4.74 Å². The van der Waals surface area contributed by atoms with Crippen LogP contribution in [-0.2, 0) is 4.79 Å². The molecule has 0 saturated carbocycles. The van der Waals surface area contributed by atoms with Crippen LogP contribution in [0, 0.1) is 17.6 Å². The van der Waals surface area contributed by atoms with Gasteiger partial charge in [-0.25, -0.2) is 8.78 Å². The van der Waals surface area contributed by atoms with E-state index in [1.54, 1.807) is 4.90 Å². The minimum Gasteiger partial charge on any atom is -0.481 e. The molecular formula is C14H18F2N2O2. The summed E-state index contributed by atoms with van der Waals surface area (Å²) in [4.78, 5) is 13.6. The molecule has 0 spiro atoms. The third-order valence-electron chi connectivity index (χ3n) is 3.38. The molecule has 0 aliphatic carbocycles. The van der Waals surface area contributed by atoms with Gasteiger partial charge in [-0.3, -0.25) is 4.79 Å². The Morgan fingerprint density at radius 1 is 1.50 bits per heavy atom. The van der Waals surface area contributed by atoms with Crippen molar-refractivity contribution >= 4 is 5.91 Å². The van der Waals surface area contributed by atoms with Crippen LogP contribution >= 0.6 is 0 Å². The number of rotatable bonds is 5. The number of halogens is 2. The molecule has 110 valence electrons. The second-order valence-corrected chi connectivity index (χ2v) is 4.92. The van der Waals surface area contributed by atoms with Crippen molar-refractivity contribution in [3.05, 3.63) is 29.8 Å². The van der Waals surface area contributed by atoms with Crippen molar-refractivity contribution < 1.29 is 18.3 Å². The molecule has 0 bridgehead atoms. The van der Waals surface area contributed by atoms with Crippen molar-refractivity contribution in [3.63, 3.8) is 0 Å². The number of carbonyl (C=O) groups excluding carboxylic acids is 1. The molecule has 1 aliphatic rings. The molecule has 1 aromatic carbocycles. The number of ether oxygens (including phenoxy) is 1. The molecule has 1 heterocycles. The maximum Gasteiger partial charge on any atom is 0.260 e. The lowest BCUT2D eigenvalue weighted by Crippen LogP contribution is -2.34. The van der Waals surface area contributed by atoms with Gasteiger partial charge in [0.1, 0.15) is 5.82 Å². The van der Waals surface area contributed by atoms with Crippen molar-refractivity contribution in [2.75, 3.05) is 33.3 Å². The summed E-state index contributed by atoms with van der Waals surface area (Å²) in [5.41, 5.74) is 0. The number of hydrogen-bond acceptors (Lipinski definition) is 3. The summed E-state index contributed by atoms with van der Waals surface area (Å²) in [5.74, 6) is -1.30. The maximum atomic E-state index is 13.3. The highest BCUT2D eigenvalue weighted by Crippen LogP contribution is 2.19. The minimum atomic E-state index is -0.799. The Morgan fingerprint density at radius 2 is 2.30 bits per heavy atom. The molecule has 1 amide bonds. The van der Waals surface area contributed by atoms with E-state index >= 15 is 0 Å². The molecule has 1 aromatic rings. The molecule has 0 unspecified atom stereocenters. The van der Waals surface area contributed by atoms with Crippen LogP contribution in [0.25, 0.3) is 0 Å². The van der Waals surface area contributed by atoms with E-state index in [9.17, 15) is 13.6 Å². The molecule has 0 radical (unpaired) electrons. The van der Waals surface area contributed by atoms with Crippen molar-refractivity contribution in [1.29, 1.82) is 0 Å². The predicted octanol–water partition coefficient (Wildman–Crippen LogP) is 1.41. The van der Waals surface area contributed by atoms with Crippen LogP contribution in [0.15, 0.2) is 18.2 Å². The number of nitrogens with one attached hydrogen (secondary N) is 1. The van der Waals surface area contributed by atoms with Gasteiger partial charge in [0.2, 0.25) is 0 Å². The number of amides is 1. The lowest BCUT2D eigenvalue weighted by atomic mass is 10.1. The van der Waals surface area contributed by atoms with Gasteiger partial charge in [0.15, 0.2) is 18.2 Å². The van der Waals surface area contributed by atoms with Crippen LogP contribution in [0.3, 0.4) is 0 Å². The zero-order valence-corrected chi connectivity index (χ0v) is 11.4. The first-order chi connectivity index (χ1) is 9.60. The molecule has 1 aliphatic heterocycles. The predicted molar refractivity (Wildman–Crippen MR) is 70.5 cm³/mol. The van der Waals surface area contributed by atoms with Crippen molar-refractivity contribution in [2.24, 2.45) is 5.92 Å². The highest BCUT2D eigenvalue weighted by molar-refractivity contribution is 5.78. The van der Waals surface area contributed by atoms with Crippen molar-refractivity contribution in [3.8, 4) is 5.75 Å². The highest BCUT2D eigenvalue weighted by Gasteiger charge is 2.25. The summed E-state index contributed by atoms with van der Waals surface area (Å²) in [7, 11) is 1.88. The van der Waals surface area contributed by atoms with E-state index in [1.807, 2.05) is 7.05 Å². The fourth-order valence-electron chi connectivity index (χ4n) is 2.34. The number of hydrogen-bond donors (Lipinski definition) is 1. The van der Waals surface area contributed by atoms with Crippen LogP contribution in [0.4, 0.5) is 8.78 Å². The largest absolute Gasteiger partial charge is 0.481 e. The number of nitrogens with zero attached hydrogens (tertiary/aromatic N) is 1. The summed E-state index contributed by atoms with van der Waals surface area (Å²) in [5, 5.41) is 3.09. The van der Waals surface area contributed by atoms with Gasteiger partial charge in [0.25, 0.3) is 5.91 Å². The third kappa shape index (κ3) is 3.66. The first kappa shape index (κ1) is 14.7. The summed E-state index contributed by atoms with van der Waals surface area (Å²) in [6.07, 6.45) is 0.956. The quantitative estimate of drug-likeness (QED) is 0.889. The maximum absolute atomic E-state index is 13.3. The van der Waals surface area contributed by atoms with Gasteiger partial charge >= 0.3 is 0 Å². The lowest BCUT2D eigenvalue weighted by molar-refractivity contribution is -0.132. The van der Waals surface area contributed by atoms with Gasteiger partial charge in [-0.1, -0.05) is 0 Å². The standard InChI is InChI=1S/C14H18F2N2O2/c1-17-7-10-4-5-18(8-10)14(19)9-20-13-3-2-11(15)6-12(13)16/h2-3,6,10,17H,4-5,7-9H2,1H3/t10-/m0/s1. The molecule has 4 nitrogen and oxygen atoms in total.